The van der Waals surface area contributed by atoms with Crippen molar-refractivity contribution in [1.29, 1.82) is 0 Å². The van der Waals surface area contributed by atoms with Gasteiger partial charge in [0.05, 0.1) is 42.6 Å². The van der Waals surface area contributed by atoms with Crippen molar-refractivity contribution in [3.8, 4) is 34.5 Å². The summed E-state index contributed by atoms with van der Waals surface area (Å²) in [6, 6.07) is 10.3. The summed E-state index contributed by atoms with van der Waals surface area (Å²) in [5.41, 5.74) is 3.13. The first-order valence-electron chi connectivity index (χ1n) is 30.0. The quantitative estimate of drug-likeness (QED) is 0.229. The molecular weight excluding hydrogens is 1050 g/mol. The number of methoxy groups -OCH3 is 3. The van der Waals surface area contributed by atoms with E-state index in [2.05, 4.69) is 89.2 Å². The lowest BCUT2D eigenvalue weighted by molar-refractivity contribution is -0.0986. The molecule has 3 aliphatic heterocycles. The molecule has 6 fully saturated rings. The number of benzene rings is 3. The summed E-state index contributed by atoms with van der Waals surface area (Å²) in [6.07, 6.45) is 17.4. The summed E-state index contributed by atoms with van der Waals surface area (Å²) < 4.78 is 69.1. The standard InChI is InChI=1S/2C22H32O4S.C22H32O2S/c2*1-20(2)8-6-9-21(3)17(20)7-10-22(4)18(21)13-27(24,25)16-12-14(26-5)11-15(23)19(16)22;1-20(2)8-6-9-21(3)17(20)7-10-22(4)18(21)13-25-16-12-14(24-5)11-15(23)19(16)22/h2*11-12,17-18,23H,6-10,13H2,1-5H3;11-12,17-18,23H,6-10,13H2,1-5H3/t3*17-,18+,21-,22+/m000/s1. The summed E-state index contributed by atoms with van der Waals surface area (Å²) in [5.74, 6) is 6.18. The van der Waals surface area contributed by atoms with Crippen molar-refractivity contribution in [2.24, 2.45) is 68.0 Å². The van der Waals surface area contributed by atoms with Crippen molar-refractivity contribution in [2.45, 2.75) is 210 Å². The summed E-state index contributed by atoms with van der Waals surface area (Å²) in [5, 5.41) is 32.5. The first-order chi connectivity index (χ1) is 36.6. The van der Waals surface area contributed by atoms with Crippen LogP contribution >= 0.6 is 11.8 Å². The Labute approximate surface area is 479 Å². The van der Waals surface area contributed by atoms with Crippen molar-refractivity contribution in [3.63, 3.8) is 0 Å². The van der Waals surface area contributed by atoms with Gasteiger partial charge in [-0.3, -0.25) is 0 Å². The smallest absolute Gasteiger partial charge is 0.179 e. The van der Waals surface area contributed by atoms with Crippen LogP contribution in [0.3, 0.4) is 0 Å². The van der Waals surface area contributed by atoms with E-state index in [0.29, 0.717) is 57.0 Å². The molecule has 0 spiro atoms. The van der Waals surface area contributed by atoms with Gasteiger partial charge in [0, 0.05) is 61.8 Å². The fourth-order valence-corrected chi connectivity index (χ4v) is 27.6. The molecule has 6 aliphatic carbocycles. The summed E-state index contributed by atoms with van der Waals surface area (Å²) in [7, 11) is -2.27. The minimum atomic E-state index is -3.47. The number of thioether (sulfide) groups is 1. The van der Waals surface area contributed by atoms with E-state index in [0.717, 1.165) is 63.0 Å². The Morgan fingerprint density at radius 1 is 0.418 bits per heavy atom. The van der Waals surface area contributed by atoms with E-state index in [1.165, 1.54) is 75.4 Å². The Hall–Kier alpha value is -3.29. The first kappa shape index (κ1) is 58.9. The molecule has 0 unspecified atom stereocenters. The number of rotatable bonds is 3. The predicted molar refractivity (Wildman–Crippen MR) is 317 cm³/mol. The van der Waals surface area contributed by atoms with Crippen LogP contribution in [0.5, 0.6) is 34.5 Å². The van der Waals surface area contributed by atoms with Crippen LogP contribution in [0.15, 0.2) is 51.1 Å². The number of phenolic OH excluding ortho intramolecular Hbond substituents is 3. The Kier molecular flexibility index (Phi) is 14.4. The van der Waals surface area contributed by atoms with E-state index in [1.807, 2.05) is 17.8 Å². The van der Waals surface area contributed by atoms with Crippen LogP contribution in [-0.4, -0.2) is 70.7 Å². The second kappa shape index (κ2) is 19.4. The highest BCUT2D eigenvalue weighted by molar-refractivity contribution is 7.99. The van der Waals surface area contributed by atoms with Gasteiger partial charge in [-0.2, -0.15) is 0 Å². The van der Waals surface area contributed by atoms with Gasteiger partial charge in [-0.25, -0.2) is 16.8 Å². The number of aromatic hydroxyl groups is 3. The molecule has 13 heteroatoms. The fraction of sp³-hybridized carbons (Fsp3) is 0.727. The van der Waals surface area contributed by atoms with Crippen LogP contribution in [0.1, 0.15) is 196 Å². The van der Waals surface area contributed by atoms with Crippen molar-refractivity contribution < 1.29 is 46.4 Å². The molecule has 0 bridgehead atoms. The Morgan fingerprint density at radius 2 is 0.734 bits per heavy atom. The van der Waals surface area contributed by atoms with E-state index < -0.39 is 19.7 Å². The largest absolute Gasteiger partial charge is 0.507 e. The highest BCUT2D eigenvalue weighted by Gasteiger charge is 2.65. The second-order valence-corrected chi connectivity index (χ2v) is 35.2. The van der Waals surface area contributed by atoms with Crippen LogP contribution in [0, 0.1) is 68.0 Å². The molecule has 0 amide bonds. The molecule has 79 heavy (non-hydrogen) atoms. The minimum Gasteiger partial charge on any atom is -0.507 e. The SMILES string of the molecule is COc1cc(O)c2c(c1)S(=O)(=O)C[C@@H]1[C@@]3(C)CCCC(C)(C)[C@@H]3CC[C@@]21C.COc1cc(O)c2c(c1)S(=O)(=O)C[C@@H]1[C@@]3(C)CCCC(C)(C)[C@@H]3CC[C@@]21C.COc1cc(O)c2c(c1)SC[C@@H]1[C@@]3(C)CCCC(C)(C)[C@@H]3CC[C@@]21C. The van der Waals surface area contributed by atoms with Crippen LogP contribution in [0.4, 0.5) is 0 Å². The summed E-state index contributed by atoms with van der Waals surface area (Å²) >= 11 is 1.93. The molecule has 10 nitrogen and oxygen atoms in total. The van der Waals surface area contributed by atoms with Crippen LogP contribution in [0.2, 0.25) is 0 Å². The number of sulfone groups is 2. The molecule has 12 rings (SSSR count). The zero-order chi connectivity index (χ0) is 57.7. The Morgan fingerprint density at radius 3 is 1.09 bits per heavy atom. The fourth-order valence-electron chi connectivity index (χ4n) is 21.2. The number of fused-ring (bicyclic) bond motifs is 15. The summed E-state index contributed by atoms with van der Waals surface area (Å²) in [4.78, 5) is 1.78. The number of phenols is 3. The van der Waals surface area contributed by atoms with E-state index >= 15 is 0 Å². The average Bonchev–Trinajstić information content (AvgIpc) is 2.76. The van der Waals surface area contributed by atoms with E-state index in [1.54, 1.807) is 31.4 Å². The van der Waals surface area contributed by atoms with Gasteiger partial charge in [0.2, 0.25) is 0 Å². The first-order valence-corrected chi connectivity index (χ1v) is 34.3. The van der Waals surface area contributed by atoms with E-state index in [-0.39, 0.29) is 82.5 Å². The third-order valence-corrected chi connectivity index (χ3v) is 29.5. The predicted octanol–water partition coefficient (Wildman–Crippen LogP) is 15.4. The van der Waals surface area contributed by atoms with Crippen molar-refractivity contribution >= 4 is 31.4 Å². The third kappa shape index (κ3) is 8.98. The van der Waals surface area contributed by atoms with Gasteiger partial charge < -0.3 is 29.5 Å². The van der Waals surface area contributed by atoms with Gasteiger partial charge in [-0.15, -0.1) is 11.8 Å². The molecule has 3 N–H and O–H groups in total. The van der Waals surface area contributed by atoms with Gasteiger partial charge in [-0.1, -0.05) is 102 Å². The topological polar surface area (TPSA) is 157 Å². The lowest BCUT2D eigenvalue weighted by Crippen LogP contribution is -2.59. The molecule has 3 aromatic rings. The maximum absolute atomic E-state index is 13.3. The van der Waals surface area contributed by atoms with Crippen molar-refractivity contribution in [2.75, 3.05) is 38.6 Å². The molecule has 9 aliphatic rings. The number of hydrogen-bond acceptors (Lipinski definition) is 11. The highest BCUT2D eigenvalue weighted by Crippen LogP contribution is 2.71. The lowest BCUT2D eigenvalue weighted by atomic mass is 9.43. The average molecular weight is 1150 g/mol. The van der Waals surface area contributed by atoms with Gasteiger partial charge in [0.15, 0.2) is 19.7 Å². The number of hydrogen-bond donors (Lipinski definition) is 3. The minimum absolute atomic E-state index is 0.0219. The molecular formula is C66H96O10S3. The molecule has 6 saturated carbocycles. The van der Waals surface area contributed by atoms with Gasteiger partial charge >= 0.3 is 0 Å². The van der Waals surface area contributed by atoms with E-state index in [4.69, 9.17) is 14.2 Å². The lowest BCUT2D eigenvalue weighted by Gasteiger charge is -2.64. The normalized spacial score (nSPS) is 39.0. The monoisotopic (exact) mass is 1140 g/mol. The molecule has 0 saturated heterocycles. The van der Waals surface area contributed by atoms with Crippen LogP contribution < -0.4 is 14.2 Å². The highest BCUT2D eigenvalue weighted by atomic mass is 32.2. The van der Waals surface area contributed by atoms with Crippen LogP contribution in [0.25, 0.3) is 0 Å². The zero-order valence-electron chi connectivity index (χ0n) is 50.6. The van der Waals surface area contributed by atoms with Crippen LogP contribution in [-0.2, 0) is 35.9 Å². The van der Waals surface area contributed by atoms with E-state index in [9.17, 15) is 32.2 Å². The van der Waals surface area contributed by atoms with Crippen molar-refractivity contribution in [1.82, 2.24) is 0 Å². The zero-order valence-corrected chi connectivity index (χ0v) is 53.0. The Bertz CT molecular complexity index is 2980. The number of ether oxygens (including phenoxy) is 3. The Balaban J connectivity index is 0.000000134. The molecule has 12 atom stereocenters. The van der Waals surface area contributed by atoms with Crippen molar-refractivity contribution in [3.05, 3.63) is 53.1 Å². The van der Waals surface area contributed by atoms with Gasteiger partial charge in [0.1, 0.15) is 34.5 Å². The second-order valence-electron chi connectivity index (χ2n) is 30.2. The molecule has 3 aromatic carbocycles. The molecule has 3 heterocycles. The summed E-state index contributed by atoms with van der Waals surface area (Å²) in [6.45, 7) is 28.4. The van der Waals surface area contributed by atoms with Gasteiger partial charge in [-0.05, 0) is 163 Å². The van der Waals surface area contributed by atoms with Gasteiger partial charge in [0.25, 0.3) is 0 Å². The molecule has 0 aromatic heterocycles. The third-order valence-electron chi connectivity index (χ3n) is 24.8. The molecule has 438 valence electrons. The molecule has 0 radical (unpaired) electrons. The maximum atomic E-state index is 13.3. The maximum Gasteiger partial charge on any atom is 0.179 e.